The normalized spacial score (nSPS) is 18.1. The van der Waals surface area contributed by atoms with E-state index < -0.39 is 11.6 Å². The lowest BCUT2D eigenvalue weighted by atomic mass is 9.99. The van der Waals surface area contributed by atoms with Crippen LogP contribution in [-0.4, -0.2) is 68.3 Å². The van der Waals surface area contributed by atoms with Crippen LogP contribution < -0.4 is 10.6 Å². The molecular formula is C29H36F2N8O. The summed E-state index contributed by atoms with van der Waals surface area (Å²) in [4.78, 5) is 19.7. The number of pyridine rings is 1. The molecule has 212 valence electrons. The maximum Gasteiger partial charge on any atom is 0.229 e. The Morgan fingerprint density at radius 2 is 1.93 bits per heavy atom. The van der Waals surface area contributed by atoms with Crippen molar-refractivity contribution in [3.63, 3.8) is 0 Å². The number of imidazole rings is 1. The number of hydrogen-bond donors (Lipinski definition) is 2. The molecule has 4 heterocycles. The van der Waals surface area contributed by atoms with Gasteiger partial charge in [0.2, 0.25) is 5.95 Å². The zero-order chi connectivity index (χ0) is 28.4. The number of halogens is 2. The lowest BCUT2D eigenvalue weighted by molar-refractivity contribution is -0.103. The molecule has 1 saturated heterocycles. The average Bonchev–Trinajstić information content (AvgIpc) is 3.26. The van der Waals surface area contributed by atoms with E-state index in [1.165, 1.54) is 6.07 Å². The van der Waals surface area contributed by atoms with E-state index >= 15 is 0 Å². The molecule has 0 bridgehead atoms. The minimum atomic E-state index is -0.646. The van der Waals surface area contributed by atoms with Crippen molar-refractivity contribution in [3.05, 3.63) is 59.7 Å². The first kappa shape index (κ1) is 28.0. The van der Waals surface area contributed by atoms with Crippen LogP contribution in [0, 0.1) is 18.6 Å². The zero-order valence-corrected chi connectivity index (χ0v) is 23.6. The fourth-order valence-corrected chi connectivity index (χ4v) is 5.35. The molecule has 3 aromatic heterocycles. The van der Waals surface area contributed by atoms with E-state index in [2.05, 4.69) is 42.4 Å². The van der Waals surface area contributed by atoms with Crippen LogP contribution in [0.15, 0.2) is 36.7 Å². The van der Waals surface area contributed by atoms with Crippen molar-refractivity contribution in [2.75, 3.05) is 38.6 Å². The first-order chi connectivity index (χ1) is 19.2. The predicted octanol–water partition coefficient (Wildman–Crippen LogP) is 5.00. The maximum atomic E-state index is 15.0. The molecule has 1 atom stereocenters. The molecule has 4 aromatic rings. The molecule has 0 aliphatic carbocycles. The predicted molar refractivity (Wildman–Crippen MR) is 151 cm³/mol. The Bertz CT molecular complexity index is 1490. The summed E-state index contributed by atoms with van der Waals surface area (Å²) in [5.74, 6) is 0.212. The number of fused-ring (bicyclic) bond motifs is 1. The summed E-state index contributed by atoms with van der Waals surface area (Å²) in [7, 11) is 1.95. The van der Waals surface area contributed by atoms with Crippen LogP contribution in [0.25, 0.3) is 22.3 Å². The molecular weight excluding hydrogens is 514 g/mol. The summed E-state index contributed by atoms with van der Waals surface area (Å²) >= 11 is 0. The Morgan fingerprint density at radius 3 is 2.65 bits per heavy atom. The Labute approximate surface area is 233 Å². The molecule has 0 spiro atoms. The Morgan fingerprint density at radius 1 is 1.10 bits per heavy atom. The summed E-state index contributed by atoms with van der Waals surface area (Å²) < 4.78 is 37.8. The number of anilines is 2. The monoisotopic (exact) mass is 550 g/mol. The molecule has 11 heteroatoms. The van der Waals surface area contributed by atoms with Gasteiger partial charge in [0.05, 0.1) is 23.9 Å². The second kappa shape index (κ2) is 11.5. The van der Waals surface area contributed by atoms with Gasteiger partial charge in [0.25, 0.3) is 0 Å². The van der Waals surface area contributed by atoms with Gasteiger partial charge in [0.15, 0.2) is 11.6 Å². The van der Waals surface area contributed by atoms with Crippen molar-refractivity contribution in [2.45, 2.75) is 52.3 Å². The Kier molecular flexibility index (Phi) is 8.07. The number of hydrogen-bond acceptors (Lipinski definition) is 8. The quantitative estimate of drug-likeness (QED) is 0.301. The molecule has 40 heavy (non-hydrogen) atoms. The molecule has 0 amide bonds. The first-order valence-corrected chi connectivity index (χ1v) is 13.6. The lowest BCUT2D eigenvalue weighted by Crippen LogP contribution is -2.50. The van der Waals surface area contributed by atoms with E-state index in [1.807, 2.05) is 50.7 Å². The lowest BCUT2D eigenvalue weighted by Gasteiger charge is -2.40. The van der Waals surface area contributed by atoms with Gasteiger partial charge in [-0.25, -0.2) is 28.7 Å². The van der Waals surface area contributed by atoms with Crippen LogP contribution >= 0.6 is 0 Å². The third-order valence-corrected chi connectivity index (χ3v) is 7.25. The molecule has 2 N–H and O–H groups in total. The van der Waals surface area contributed by atoms with Gasteiger partial charge < -0.3 is 19.9 Å². The maximum absolute atomic E-state index is 15.0. The van der Waals surface area contributed by atoms with Crippen LogP contribution in [0.5, 0.6) is 0 Å². The van der Waals surface area contributed by atoms with Crippen LogP contribution in [0.3, 0.4) is 0 Å². The molecule has 1 aromatic carbocycles. The van der Waals surface area contributed by atoms with Gasteiger partial charge in [0, 0.05) is 37.4 Å². The van der Waals surface area contributed by atoms with Gasteiger partial charge >= 0.3 is 0 Å². The topological polar surface area (TPSA) is 93.0 Å². The molecule has 1 aliphatic heterocycles. The standard InChI is InChI=1S/C29H36F2N8O/c1-18(2)39-19(3)35-27-22(30)12-21(13-24(27)39)26-23(31)15-34-28(37-26)36-25-7-6-20(14-33-25)16-38-10-11-40-29(4,17-38)8-9-32-5/h6-7,12-15,18,32H,8-11,16-17H2,1-5H3,(H,33,34,36,37). The Hall–Kier alpha value is -3.54. The molecule has 1 aliphatic rings. The van der Waals surface area contributed by atoms with Gasteiger partial charge in [-0.15, -0.1) is 0 Å². The van der Waals surface area contributed by atoms with Crippen molar-refractivity contribution in [1.29, 1.82) is 0 Å². The average molecular weight is 551 g/mol. The second-order valence-electron chi connectivity index (χ2n) is 10.9. The van der Waals surface area contributed by atoms with Crippen LogP contribution in [0.2, 0.25) is 0 Å². The van der Waals surface area contributed by atoms with E-state index in [-0.39, 0.29) is 28.8 Å². The molecule has 1 fully saturated rings. The number of rotatable bonds is 9. The smallest absolute Gasteiger partial charge is 0.229 e. The first-order valence-electron chi connectivity index (χ1n) is 13.6. The van der Waals surface area contributed by atoms with E-state index in [0.717, 1.165) is 44.4 Å². The molecule has 5 rings (SSSR count). The Balaban J connectivity index is 1.32. The van der Waals surface area contributed by atoms with E-state index in [0.29, 0.717) is 29.3 Å². The van der Waals surface area contributed by atoms with E-state index in [9.17, 15) is 8.78 Å². The highest BCUT2D eigenvalue weighted by atomic mass is 19.1. The number of benzene rings is 1. The number of aromatic nitrogens is 5. The highest BCUT2D eigenvalue weighted by molar-refractivity contribution is 5.83. The number of nitrogens with zero attached hydrogens (tertiary/aromatic N) is 6. The van der Waals surface area contributed by atoms with Crippen molar-refractivity contribution in [2.24, 2.45) is 0 Å². The van der Waals surface area contributed by atoms with Gasteiger partial charge in [-0.3, -0.25) is 4.90 Å². The highest BCUT2D eigenvalue weighted by Gasteiger charge is 2.31. The minimum absolute atomic E-state index is 0.00211. The third-order valence-electron chi connectivity index (χ3n) is 7.25. The van der Waals surface area contributed by atoms with Gasteiger partial charge in [-0.1, -0.05) is 6.07 Å². The SMILES string of the molecule is CNCCC1(C)CN(Cc2ccc(Nc3ncc(F)c(-c4cc(F)c5nc(C)n(C(C)C)c5c4)n3)nc2)CCO1. The summed E-state index contributed by atoms with van der Waals surface area (Å²) in [5, 5.41) is 6.24. The summed E-state index contributed by atoms with van der Waals surface area (Å²) in [5.41, 5.74) is 2.06. The molecule has 9 nitrogen and oxygen atoms in total. The molecule has 0 radical (unpaired) electrons. The number of nitrogens with one attached hydrogen (secondary N) is 2. The van der Waals surface area contributed by atoms with Crippen molar-refractivity contribution < 1.29 is 13.5 Å². The summed E-state index contributed by atoms with van der Waals surface area (Å²) in [6, 6.07) is 6.89. The summed E-state index contributed by atoms with van der Waals surface area (Å²) in [6.45, 7) is 12.1. The molecule has 0 saturated carbocycles. The summed E-state index contributed by atoms with van der Waals surface area (Å²) in [6.07, 6.45) is 3.84. The fourth-order valence-electron chi connectivity index (χ4n) is 5.35. The number of aryl methyl sites for hydroxylation is 1. The third kappa shape index (κ3) is 5.96. The largest absolute Gasteiger partial charge is 0.373 e. The number of morpholine rings is 1. The minimum Gasteiger partial charge on any atom is -0.373 e. The van der Waals surface area contributed by atoms with E-state index in [1.54, 1.807) is 6.07 Å². The van der Waals surface area contributed by atoms with Crippen molar-refractivity contribution in [1.82, 2.24) is 34.7 Å². The van der Waals surface area contributed by atoms with Crippen molar-refractivity contribution >= 4 is 22.8 Å². The van der Waals surface area contributed by atoms with Crippen LogP contribution in [-0.2, 0) is 11.3 Å². The fraction of sp³-hybridized carbons (Fsp3) is 0.448. The number of ether oxygens (including phenoxy) is 1. The van der Waals surface area contributed by atoms with E-state index in [4.69, 9.17) is 4.74 Å². The molecule has 1 unspecified atom stereocenters. The van der Waals surface area contributed by atoms with Crippen molar-refractivity contribution in [3.8, 4) is 11.3 Å². The van der Waals surface area contributed by atoms with Gasteiger partial charge in [-0.05, 0) is 71.5 Å². The van der Waals surface area contributed by atoms with Gasteiger partial charge in [-0.2, -0.15) is 0 Å². The second-order valence-corrected chi connectivity index (χ2v) is 10.9. The van der Waals surface area contributed by atoms with Crippen LogP contribution in [0.4, 0.5) is 20.5 Å². The highest BCUT2D eigenvalue weighted by Crippen LogP contribution is 2.30. The van der Waals surface area contributed by atoms with Gasteiger partial charge in [0.1, 0.15) is 22.9 Å². The zero-order valence-electron chi connectivity index (χ0n) is 23.6. The van der Waals surface area contributed by atoms with Crippen LogP contribution in [0.1, 0.15) is 44.6 Å².